The second kappa shape index (κ2) is 6.81. The number of nitrogens with one attached hydrogen (secondary N) is 1. The molecule has 0 saturated carbocycles. The third-order valence-electron chi connectivity index (χ3n) is 4.46. The van der Waals surface area contributed by atoms with Crippen molar-refractivity contribution in [2.75, 3.05) is 14.2 Å². The van der Waals surface area contributed by atoms with Crippen LogP contribution in [0, 0.1) is 0 Å². The quantitative estimate of drug-likeness (QED) is 0.566. The smallest absolute Gasteiger partial charge is 0.337 e. The van der Waals surface area contributed by atoms with Gasteiger partial charge in [-0.1, -0.05) is 13.0 Å². The number of H-pyrrole nitrogens is 1. The third kappa shape index (κ3) is 3.01. The number of benzene rings is 2. The molecule has 0 aliphatic rings. The summed E-state index contributed by atoms with van der Waals surface area (Å²) in [6.45, 7) is 2.06. The Labute approximate surface area is 145 Å². The summed E-state index contributed by atoms with van der Waals surface area (Å²) in [7, 11) is 2.92. The molecule has 0 saturated heterocycles. The molecule has 1 N–H and O–H groups in total. The molecule has 0 aliphatic heterocycles. The van der Waals surface area contributed by atoms with Crippen LogP contribution in [-0.2, 0) is 4.74 Å². The highest BCUT2D eigenvalue weighted by Crippen LogP contribution is 2.36. The molecule has 2 aromatic carbocycles. The molecule has 3 rings (SSSR count). The van der Waals surface area contributed by atoms with Gasteiger partial charge in [0.1, 0.15) is 12.0 Å². The molecule has 0 bridgehead atoms. The standard InChI is InChI=1S/C20H19NO4/c1-12(15-6-5-14(20(23)25-3)9-19(15)24-2)17-10-21-18-7-4-13(11-22)8-16(17)18/h4-12,21H,1-3H3. The van der Waals surface area contributed by atoms with Gasteiger partial charge in [0.25, 0.3) is 0 Å². The molecule has 3 aromatic rings. The summed E-state index contributed by atoms with van der Waals surface area (Å²) in [6.07, 6.45) is 2.78. The first-order valence-electron chi connectivity index (χ1n) is 7.91. The van der Waals surface area contributed by atoms with Crippen LogP contribution in [0.4, 0.5) is 0 Å². The molecule has 0 spiro atoms. The lowest BCUT2D eigenvalue weighted by Crippen LogP contribution is -2.04. The molecule has 5 nitrogen and oxygen atoms in total. The number of aldehydes is 1. The van der Waals surface area contributed by atoms with Gasteiger partial charge in [-0.05, 0) is 35.9 Å². The number of ether oxygens (including phenoxy) is 2. The fraction of sp³-hybridized carbons (Fsp3) is 0.200. The molecule has 0 amide bonds. The number of carbonyl (C=O) groups excluding carboxylic acids is 2. The summed E-state index contributed by atoms with van der Waals surface area (Å²) < 4.78 is 10.2. The van der Waals surface area contributed by atoms with Crippen LogP contribution < -0.4 is 4.74 Å². The predicted octanol–water partition coefficient (Wildman–Crippen LogP) is 3.93. The maximum Gasteiger partial charge on any atom is 0.337 e. The summed E-state index contributed by atoms with van der Waals surface area (Å²) in [5, 5.41) is 0.996. The summed E-state index contributed by atoms with van der Waals surface area (Å²) in [5.41, 5.74) is 4.05. The van der Waals surface area contributed by atoms with Gasteiger partial charge < -0.3 is 14.5 Å². The number of aromatic nitrogens is 1. The van der Waals surface area contributed by atoms with Crippen LogP contribution in [-0.4, -0.2) is 31.5 Å². The van der Waals surface area contributed by atoms with Gasteiger partial charge in [0.2, 0.25) is 0 Å². The highest BCUT2D eigenvalue weighted by atomic mass is 16.5. The van der Waals surface area contributed by atoms with Crippen molar-refractivity contribution in [1.29, 1.82) is 0 Å². The number of hydrogen-bond donors (Lipinski definition) is 1. The van der Waals surface area contributed by atoms with Crippen LogP contribution in [0.15, 0.2) is 42.6 Å². The van der Waals surface area contributed by atoms with Gasteiger partial charge in [-0.2, -0.15) is 0 Å². The summed E-state index contributed by atoms with van der Waals surface area (Å²) >= 11 is 0. The molecule has 1 heterocycles. The Balaban J connectivity index is 2.07. The molecule has 0 aliphatic carbocycles. The normalized spacial score (nSPS) is 12.0. The van der Waals surface area contributed by atoms with Crippen LogP contribution in [0.1, 0.15) is 44.7 Å². The van der Waals surface area contributed by atoms with Gasteiger partial charge in [0.15, 0.2) is 0 Å². The first-order valence-corrected chi connectivity index (χ1v) is 7.91. The van der Waals surface area contributed by atoms with Crippen LogP contribution in [0.2, 0.25) is 0 Å². The molecule has 0 fully saturated rings. The first-order chi connectivity index (χ1) is 12.1. The van der Waals surface area contributed by atoms with E-state index in [0.29, 0.717) is 16.9 Å². The minimum Gasteiger partial charge on any atom is -0.496 e. The number of methoxy groups -OCH3 is 2. The minimum absolute atomic E-state index is 0.0114. The maximum atomic E-state index is 11.7. The fourth-order valence-electron chi connectivity index (χ4n) is 3.07. The average molecular weight is 337 g/mol. The van der Waals surface area contributed by atoms with Crippen molar-refractivity contribution < 1.29 is 19.1 Å². The minimum atomic E-state index is -0.403. The van der Waals surface area contributed by atoms with Gasteiger partial charge in [-0.15, -0.1) is 0 Å². The highest BCUT2D eigenvalue weighted by Gasteiger charge is 2.19. The lowest BCUT2D eigenvalue weighted by Gasteiger charge is -2.16. The maximum absolute atomic E-state index is 11.7. The zero-order chi connectivity index (χ0) is 18.0. The van der Waals surface area contributed by atoms with Crippen LogP contribution in [0.3, 0.4) is 0 Å². The van der Waals surface area contributed by atoms with E-state index in [4.69, 9.17) is 9.47 Å². The predicted molar refractivity (Wildman–Crippen MR) is 95.5 cm³/mol. The number of aromatic amines is 1. The number of hydrogen-bond acceptors (Lipinski definition) is 4. The van der Waals surface area contributed by atoms with Crippen molar-refractivity contribution in [3.8, 4) is 5.75 Å². The van der Waals surface area contributed by atoms with Gasteiger partial charge >= 0.3 is 5.97 Å². The largest absolute Gasteiger partial charge is 0.496 e. The summed E-state index contributed by atoms with van der Waals surface area (Å²) in [5.74, 6) is 0.230. The van der Waals surface area contributed by atoms with E-state index >= 15 is 0 Å². The van der Waals surface area contributed by atoms with Gasteiger partial charge in [0, 0.05) is 34.1 Å². The second-order valence-electron chi connectivity index (χ2n) is 5.84. The van der Waals surface area contributed by atoms with Crippen molar-refractivity contribution in [2.24, 2.45) is 0 Å². The zero-order valence-electron chi connectivity index (χ0n) is 14.3. The van der Waals surface area contributed by atoms with Gasteiger partial charge in [-0.3, -0.25) is 4.79 Å². The Morgan fingerprint density at radius 2 is 1.92 bits per heavy atom. The van der Waals surface area contributed by atoms with Gasteiger partial charge in [-0.25, -0.2) is 4.79 Å². The second-order valence-corrected chi connectivity index (χ2v) is 5.84. The number of fused-ring (bicyclic) bond motifs is 1. The zero-order valence-corrected chi connectivity index (χ0v) is 14.3. The molecular weight excluding hydrogens is 318 g/mol. The van der Waals surface area contributed by atoms with Crippen LogP contribution in [0.5, 0.6) is 5.75 Å². The summed E-state index contributed by atoms with van der Waals surface area (Å²) in [6, 6.07) is 10.8. The van der Waals surface area contributed by atoms with Gasteiger partial charge in [0.05, 0.1) is 19.8 Å². The third-order valence-corrected chi connectivity index (χ3v) is 4.46. The Bertz CT molecular complexity index is 942. The van der Waals surface area contributed by atoms with Crippen LogP contribution >= 0.6 is 0 Å². The van der Waals surface area contributed by atoms with E-state index in [9.17, 15) is 9.59 Å². The van der Waals surface area contributed by atoms with E-state index in [1.165, 1.54) is 7.11 Å². The number of carbonyl (C=O) groups is 2. The Morgan fingerprint density at radius 1 is 1.12 bits per heavy atom. The van der Waals surface area contributed by atoms with Crippen molar-refractivity contribution in [2.45, 2.75) is 12.8 Å². The van der Waals surface area contributed by atoms with Crippen LogP contribution in [0.25, 0.3) is 10.9 Å². The molecular formula is C20H19NO4. The lowest BCUT2D eigenvalue weighted by atomic mass is 9.91. The van der Waals surface area contributed by atoms with Crippen molar-refractivity contribution in [1.82, 2.24) is 4.98 Å². The van der Waals surface area contributed by atoms with E-state index in [2.05, 4.69) is 11.9 Å². The molecule has 1 aromatic heterocycles. The molecule has 1 atom stereocenters. The average Bonchev–Trinajstić information content (AvgIpc) is 3.09. The molecule has 1 unspecified atom stereocenters. The fourth-order valence-corrected chi connectivity index (χ4v) is 3.07. The van der Waals surface area contributed by atoms with E-state index in [0.717, 1.165) is 28.3 Å². The van der Waals surface area contributed by atoms with Crippen molar-refractivity contribution >= 4 is 23.2 Å². The molecule has 25 heavy (non-hydrogen) atoms. The summed E-state index contributed by atoms with van der Waals surface area (Å²) in [4.78, 5) is 26.0. The van der Waals surface area contributed by atoms with E-state index < -0.39 is 5.97 Å². The SMILES string of the molecule is COC(=O)c1ccc(C(C)c2c[nH]c3ccc(C=O)cc23)c(OC)c1. The monoisotopic (exact) mass is 337 g/mol. The Morgan fingerprint density at radius 3 is 2.60 bits per heavy atom. The highest BCUT2D eigenvalue weighted by molar-refractivity contribution is 5.91. The van der Waals surface area contributed by atoms with E-state index in [-0.39, 0.29) is 5.92 Å². The molecule has 5 heteroatoms. The lowest BCUT2D eigenvalue weighted by molar-refractivity contribution is 0.0600. The Hall–Kier alpha value is -3.08. The van der Waals surface area contributed by atoms with E-state index in [1.54, 1.807) is 25.3 Å². The topological polar surface area (TPSA) is 68.4 Å². The molecule has 128 valence electrons. The molecule has 0 radical (unpaired) electrons. The first kappa shape index (κ1) is 16.8. The number of rotatable bonds is 5. The Kier molecular flexibility index (Phi) is 4.57. The van der Waals surface area contributed by atoms with Crippen molar-refractivity contribution in [3.63, 3.8) is 0 Å². The van der Waals surface area contributed by atoms with Crippen molar-refractivity contribution in [3.05, 3.63) is 64.8 Å². The number of esters is 1. The van der Waals surface area contributed by atoms with E-state index in [1.807, 2.05) is 24.4 Å².